The normalized spacial score (nSPS) is 32.4. The van der Waals surface area contributed by atoms with Gasteiger partial charge in [-0.1, -0.05) is 25.0 Å². The number of allylic oxidation sites excluding steroid dienone is 2. The predicted octanol–water partition coefficient (Wildman–Crippen LogP) is 3.67. The summed E-state index contributed by atoms with van der Waals surface area (Å²) >= 11 is 0. The van der Waals surface area contributed by atoms with Crippen molar-refractivity contribution in [3.63, 3.8) is 0 Å². The Kier molecular flexibility index (Phi) is 2.94. The Morgan fingerprint density at radius 1 is 1.33 bits per heavy atom. The topological polar surface area (TPSA) is 20.2 Å². The van der Waals surface area contributed by atoms with Gasteiger partial charge < -0.3 is 5.11 Å². The molecular weight excluding hydrogens is 184 g/mol. The van der Waals surface area contributed by atoms with Crippen LogP contribution >= 0.6 is 0 Å². The molecular formula is C14H24O. The Hall–Kier alpha value is -0.300. The van der Waals surface area contributed by atoms with E-state index < -0.39 is 0 Å². The van der Waals surface area contributed by atoms with Crippen LogP contribution in [-0.4, -0.2) is 11.2 Å². The Labute approximate surface area is 93.6 Å². The van der Waals surface area contributed by atoms with Gasteiger partial charge >= 0.3 is 0 Å². The van der Waals surface area contributed by atoms with Gasteiger partial charge in [-0.3, -0.25) is 0 Å². The minimum atomic E-state index is -0.128. The number of aliphatic hydroxyl groups excluding tert-OH is 1. The van der Waals surface area contributed by atoms with Gasteiger partial charge in [0, 0.05) is 0 Å². The van der Waals surface area contributed by atoms with Crippen LogP contribution in [0.5, 0.6) is 0 Å². The van der Waals surface area contributed by atoms with E-state index in [1.807, 2.05) is 6.92 Å². The van der Waals surface area contributed by atoms with Crippen molar-refractivity contribution >= 4 is 0 Å². The van der Waals surface area contributed by atoms with Crippen LogP contribution in [0.25, 0.3) is 0 Å². The quantitative estimate of drug-likeness (QED) is 0.652. The highest BCUT2D eigenvalue weighted by Gasteiger charge is 2.34. The average Bonchev–Trinajstić information content (AvgIpc) is 2.17. The third-order valence-corrected chi connectivity index (χ3v) is 4.49. The highest BCUT2D eigenvalue weighted by Crippen LogP contribution is 2.48. The summed E-state index contributed by atoms with van der Waals surface area (Å²) in [6.07, 6.45) is 7.49. The summed E-state index contributed by atoms with van der Waals surface area (Å²) in [5.41, 5.74) is 3.82. The molecule has 0 spiro atoms. The van der Waals surface area contributed by atoms with E-state index in [4.69, 9.17) is 0 Å². The second kappa shape index (κ2) is 3.93. The molecule has 0 heterocycles. The molecule has 0 aromatic carbocycles. The molecule has 0 amide bonds. The second-order valence-electron chi connectivity index (χ2n) is 6.06. The Bertz CT molecular complexity index is 273. The first kappa shape index (κ1) is 11.2. The smallest absolute Gasteiger partial charge is 0.0543 e. The van der Waals surface area contributed by atoms with E-state index >= 15 is 0 Å². The van der Waals surface area contributed by atoms with Crippen molar-refractivity contribution in [3.05, 3.63) is 11.1 Å². The molecule has 2 atom stereocenters. The van der Waals surface area contributed by atoms with Crippen molar-refractivity contribution in [2.75, 3.05) is 0 Å². The lowest BCUT2D eigenvalue weighted by Gasteiger charge is -2.41. The van der Waals surface area contributed by atoms with Gasteiger partial charge in [-0.05, 0) is 56.8 Å². The highest BCUT2D eigenvalue weighted by molar-refractivity contribution is 5.26. The van der Waals surface area contributed by atoms with E-state index in [0.29, 0.717) is 11.3 Å². The van der Waals surface area contributed by atoms with Crippen LogP contribution < -0.4 is 0 Å². The van der Waals surface area contributed by atoms with Gasteiger partial charge in [0.05, 0.1) is 6.10 Å². The number of aliphatic hydroxyl groups is 1. The van der Waals surface area contributed by atoms with Crippen LogP contribution in [-0.2, 0) is 0 Å². The Balaban J connectivity index is 2.21. The third kappa shape index (κ3) is 2.13. The molecule has 0 radical (unpaired) electrons. The molecule has 1 nitrogen and oxygen atoms in total. The van der Waals surface area contributed by atoms with Gasteiger partial charge in [-0.25, -0.2) is 0 Å². The molecule has 2 aliphatic carbocycles. The fourth-order valence-corrected chi connectivity index (χ4v) is 3.36. The lowest BCUT2D eigenvalue weighted by atomic mass is 9.65. The van der Waals surface area contributed by atoms with E-state index in [-0.39, 0.29) is 6.10 Å². The first-order chi connectivity index (χ1) is 7.00. The standard InChI is InChI=1S/C14H24O/c1-10(15)12-7-6-11-5-4-8-14(2,3)13(11)9-12/h10,12,15H,4-9H2,1-3H3. The molecule has 0 saturated carbocycles. The highest BCUT2D eigenvalue weighted by atomic mass is 16.3. The molecule has 0 aromatic rings. The third-order valence-electron chi connectivity index (χ3n) is 4.49. The monoisotopic (exact) mass is 208 g/mol. The average molecular weight is 208 g/mol. The van der Waals surface area contributed by atoms with E-state index in [0.717, 1.165) is 6.42 Å². The van der Waals surface area contributed by atoms with Crippen molar-refractivity contribution in [2.45, 2.75) is 65.4 Å². The van der Waals surface area contributed by atoms with Crippen LogP contribution in [0.4, 0.5) is 0 Å². The fraction of sp³-hybridized carbons (Fsp3) is 0.857. The summed E-state index contributed by atoms with van der Waals surface area (Å²) in [5.74, 6) is 0.515. The Morgan fingerprint density at radius 2 is 2.07 bits per heavy atom. The van der Waals surface area contributed by atoms with Crippen LogP contribution in [0.1, 0.15) is 59.3 Å². The van der Waals surface area contributed by atoms with E-state index in [1.165, 1.54) is 32.1 Å². The molecule has 0 fully saturated rings. The Morgan fingerprint density at radius 3 is 2.73 bits per heavy atom. The fourth-order valence-electron chi connectivity index (χ4n) is 3.36. The summed E-state index contributed by atoms with van der Waals surface area (Å²) in [4.78, 5) is 0. The zero-order valence-electron chi connectivity index (χ0n) is 10.3. The molecule has 2 unspecified atom stereocenters. The minimum absolute atomic E-state index is 0.128. The summed E-state index contributed by atoms with van der Waals surface area (Å²) in [5, 5.41) is 9.72. The second-order valence-corrected chi connectivity index (χ2v) is 6.06. The van der Waals surface area contributed by atoms with Gasteiger partial charge in [-0.2, -0.15) is 0 Å². The molecule has 2 aliphatic rings. The van der Waals surface area contributed by atoms with Crippen LogP contribution in [0.3, 0.4) is 0 Å². The number of rotatable bonds is 1. The molecule has 15 heavy (non-hydrogen) atoms. The zero-order valence-corrected chi connectivity index (χ0v) is 10.3. The predicted molar refractivity (Wildman–Crippen MR) is 63.7 cm³/mol. The molecule has 0 aliphatic heterocycles. The molecule has 86 valence electrons. The SMILES string of the molecule is CC(O)C1CCC2=C(C1)C(C)(C)CCC2. The van der Waals surface area contributed by atoms with E-state index in [9.17, 15) is 5.11 Å². The van der Waals surface area contributed by atoms with Crippen LogP contribution in [0.15, 0.2) is 11.1 Å². The summed E-state index contributed by atoms with van der Waals surface area (Å²) in [6.45, 7) is 6.71. The van der Waals surface area contributed by atoms with Gasteiger partial charge in [0.15, 0.2) is 0 Å². The van der Waals surface area contributed by atoms with Crippen molar-refractivity contribution < 1.29 is 5.11 Å². The largest absolute Gasteiger partial charge is 0.393 e. The van der Waals surface area contributed by atoms with Crippen LogP contribution in [0, 0.1) is 11.3 Å². The molecule has 0 bridgehead atoms. The van der Waals surface area contributed by atoms with Crippen LogP contribution in [0.2, 0.25) is 0 Å². The molecule has 0 saturated heterocycles. The molecule has 0 aromatic heterocycles. The van der Waals surface area contributed by atoms with E-state index in [1.54, 1.807) is 11.1 Å². The van der Waals surface area contributed by atoms with Crippen molar-refractivity contribution in [3.8, 4) is 0 Å². The van der Waals surface area contributed by atoms with Gasteiger partial charge in [-0.15, -0.1) is 0 Å². The molecule has 2 rings (SSSR count). The number of hydrogen-bond donors (Lipinski definition) is 1. The molecule has 1 N–H and O–H groups in total. The zero-order chi connectivity index (χ0) is 11.1. The number of hydrogen-bond acceptors (Lipinski definition) is 1. The van der Waals surface area contributed by atoms with Crippen molar-refractivity contribution in [1.29, 1.82) is 0 Å². The van der Waals surface area contributed by atoms with Crippen molar-refractivity contribution in [2.24, 2.45) is 11.3 Å². The lowest BCUT2D eigenvalue weighted by molar-refractivity contribution is 0.109. The lowest BCUT2D eigenvalue weighted by Crippen LogP contribution is -2.29. The molecule has 1 heteroatoms. The first-order valence-corrected chi connectivity index (χ1v) is 6.40. The maximum absolute atomic E-state index is 9.72. The summed E-state index contributed by atoms with van der Waals surface area (Å²) in [7, 11) is 0. The van der Waals surface area contributed by atoms with E-state index in [2.05, 4.69) is 13.8 Å². The first-order valence-electron chi connectivity index (χ1n) is 6.40. The summed E-state index contributed by atoms with van der Waals surface area (Å²) in [6, 6.07) is 0. The maximum atomic E-state index is 9.72. The summed E-state index contributed by atoms with van der Waals surface area (Å²) < 4.78 is 0. The van der Waals surface area contributed by atoms with Gasteiger partial charge in [0.1, 0.15) is 0 Å². The minimum Gasteiger partial charge on any atom is -0.393 e. The maximum Gasteiger partial charge on any atom is 0.0543 e. The van der Waals surface area contributed by atoms with Gasteiger partial charge in [0.25, 0.3) is 0 Å². The van der Waals surface area contributed by atoms with Crippen molar-refractivity contribution in [1.82, 2.24) is 0 Å². The van der Waals surface area contributed by atoms with Gasteiger partial charge in [0.2, 0.25) is 0 Å².